The Balaban J connectivity index is 1.24. The quantitative estimate of drug-likeness (QED) is 0.633. The Morgan fingerprint density at radius 1 is 1.13 bits per heavy atom. The van der Waals surface area contributed by atoms with Gasteiger partial charge in [-0.1, -0.05) is 17.7 Å². The normalized spacial score (nSPS) is 20.3. The van der Waals surface area contributed by atoms with Gasteiger partial charge >= 0.3 is 5.97 Å². The summed E-state index contributed by atoms with van der Waals surface area (Å²) in [5, 5.41) is 21.2. The van der Waals surface area contributed by atoms with Crippen LogP contribution >= 0.6 is 11.6 Å². The first kappa shape index (κ1) is 19.7. The first-order valence-electron chi connectivity index (χ1n) is 10.0. The van der Waals surface area contributed by atoms with Gasteiger partial charge in [0.25, 0.3) is 0 Å². The van der Waals surface area contributed by atoms with Crippen LogP contribution < -0.4 is 9.80 Å². The maximum Gasteiger partial charge on any atom is 0.327 e. The molecule has 2 fully saturated rings. The van der Waals surface area contributed by atoms with Crippen LogP contribution in [0, 0.1) is 18.8 Å². The summed E-state index contributed by atoms with van der Waals surface area (Å²) in [4.78, 5) is 25.4. The lowest BCUT2D eigenvalue weighted by Crippen LogP contribution is -2.30. The number of hydrogen-bond donors (Lipinski definition) is 1. The Hall–Kier alpha value is -3.27. The maximum atomic E-state index is 10.8. The van der Waals surface area contributed by atoms with Crippen molar-refractivity contribution in [3.63, 3.8) is 0 Å². The summed E-state index contributed by atoms with van der Waals surface area (Å²) in [5.74, 6) is 1.07. The fourth-order valence-corrected chi connectivity index (χ4v) is 4.59. The molecule has 0 saturated carbocycles. The van der Waals surface area contributed by atoms with E-state index in [4.69, 9.17) is 16.7 Å². The van der Waals surface area contributed by atoms with Gasteiger partial charge in [0, 0.05) is 61.1 Å². The largest absolute Gasteiger partial charge is 0.480 e. The van der Waals surface area contributed by atoms with Crippen LogP contribution in [0.15, 0.2) is 30.6 Å². The number of carbonyl (C=O) groups is 1. The standard InChI is InChI=1S/C20H21ClN8O2/c1-12-2-3-16(21)4-17(12)27-7-14-9-28(10-15(14)8-27)20-22-5-13(6-23-20)19-24-26-29(25-19)11-18(30)31/h2-6,14-15H,7-11H2,1H3,(H,30,31). The highest BCUT2D eigenvalue weighted by molar-refractivity contribution is 6.30. The number of carboxylic acid groups (broad SMARTS) is 1. The molecule has 0 amide bonds. The molecule has 4 heterocycles. The van der Waals surface area contributed by atoms with E-state index in [1.54, 1.807) is 12.4 Å². The van der Waals surface area contributed by atoms with Gasteiger partial charge in [-0.15, -0.1) is 10.2 Å². The van der Waals surface area contributed by atoms with Crippen molar-refractivity contribution in [1.82, 2.24) is 30.2 Å². The molecular formula is C20H21ClN8O2. The number of anilines is 2. The number of rotatable bonds is 5. The van der Waals surface area contributed by atoms with Crippen molar-refractivity contribution < 1.29 is 9.90 Å². The molecule has 2 aliphatic heterocycles. The van der Waals surface area contributed by atoms with E-state index >= 15 is 0 Å². The number of carboxylic acids is 1. The highest BCUT2D eigenvalue weighted by atomic mass is 35.5. The second-order valence-corrected chi connectivity index (χ2v) is 8.51. The topological polar surface area (TPSA) is 113 Å². The fraction of sp³-hybridized carbons (Fsp3) is 0.400. The van der Waals surface area contributed by atoms with Crippen LogP contribution in [-0.4, -0.2) is 67.4 Å². The molecule has 10 nitrogen and oxygen atoms in total. The van der Waals surface area contributed by atoms with Crippen LogP contribution in [0.5, 0.6) is 0 Å². The number of halogens is 1. The molecule has 0 aliphatic carbocycles. The van der Waals surface area contributed by atoms with E-state index in [0.29, 0.717) is 29.2 Å². The second kappa shape index (κ2) is 7.77. The van der Waals surface area contributed by atoms with Gasteiger partial charge in [-0.05, 0) is 29.8 Å². The minimum atomic E-state index is -1.03. The summed E-state index contributed by atoms with van der Waals surface area (Å²) in [6.45, 7) is 5.60. The molecular weight excluding hydrogens is 420 g/mol. The molecule has 2 atom stereocenters. The lowest BCUT2D eigenvalue weighted by atomic mass is 10.0. The monoisotopic (exact) mass is 440 g/mol. The molecule has 2 saturated heterocycles. The SMILES string of the molecule is Cc1ccc(Cl)cc1N1CC2CN(c3ncc(-c4nnn(CC(=O)O)n4)cn3)CC2C1. The molecule has 3 aromatic rings. The molecule has 1 N–H and O–H groups in total. The van der Waals surface area contributed by atoms with E-state index in [0.717, 1.165) is 36.0 Å². The number of aliphatic carboxylic acids is 1. The lowest BCUT2D eigenvalue weighted by Gasteiger charge is -2.24. The van der Waals surface area contributed by atoms with E-state index in [-0.39, 0.29) is 6.54 Å². The van der Waals surface area contributed by atoms with E-state index in [1.165, 1.54) is 11.3 Å². The Morgan fingerprint density at radius 2 is 1.81 bits per heavy atom. The van der Waals surface area contributed by atoms with Crippen LogP contribution in [0.3, 0.4) is 0 Å². The number of benzene rings is 1. The van der Waals surface area contributed by atoms with Gasteiger partial charge in [0.05, 0.1) is 5.56 Å². The van der Waals surface area contributed by atoms with E-state index in [2.05, 4.69) is 54.2 Å². The third-order valence-electron chi connectivity index (χ3n) is 5.91. The minimum absolute atomic E-state index is 0.304. The van der Waals surface area contributed by atoms with Crippen molar-refractivity contribution in [2.75, 3.05) is 36.0 Å². The Bertz CT molecular complexity index is 1100. The number of aryl methyl sites for hydroxylation is 1. The molecule has 2 aromatic heterocycles. The van der Waals surface area contributed by atoms with Crippen molar-refractivity contribution in [1.29, 1.82) is 0 Å². The highest BCUT2D eigenvalue weighted by Gasteiger charge is 2.41. The van der Waals surface area contributed by atoms with Crippen LogP contribution in [0.2, 0.25) is 5.02 Å². The van der Waals surface area contributed by atoms with Gasteiger partial charge in [0.1, 0.15) is 0 Å². The summed E-state index contributed by atoms with van der Waals surface area (Å²) >= 11 is 6.21. The van der Waals surface area contributed by atoms with Crippen LogP contribution in [0.4, 0.5) is 11.6 Å². The second-order valence-electron chi connectivity index (χ2n) is 8.07. The molecule has 31 heavy (non-hydrogen) atoms. The summed E-state index contributed by atoms with van der Waals surface area (Å²) in [6.07, 6.45) is 3.31. The first-order chi connectivity index (χ1) is 15.0. The number of tetrazole rings is 1. The fourth-order valence-electron chi connectivity index (χ4n) is 4.42. The van der Waals surface area contributed by atoms with Gasteiger partial charge in [0.2, 0.25) is 11.8 Å². The molecule has 2 aliphatic rings. The third kappa shape index (κ3) is 3.90. The highest BCUT2D eigenvalue weighted by Crippen LogP contribution is 2.37. The van der Waals surface area contributed by atoms with Gasteiger partial charge in [-0.3, -0.25) is 4.79 Å². The smallest absolute Gasteiger partial charge is 0.327 e. The summed E-state index contributed by atoms with van der Waals surface area (Å²) in [7, 11) is 0. The predicted molar refractivity (Wildman–Crippen MR) is 114 cm³/mol. The lowest BCUT2D eigenvalue weighted by molar-refractivity contribution is -0.138. The molecule has 11 heteroatoms. The molecule has 1 aromatic carbocycles. The predicted octanol–water partition coefficient (Wildman–Crippen LogP) is 1.75. The molecule has 0 spiro atoms. The zero-order valence-electron chi connectivity index (χ0n) is 16.9. The maximum absolute atomic E-state index is 10.8. The van der Waals surface area contributed by atoms with Gasteiger partial charge in [0.15, 0.2) is 6.54 Å². The number of fused-ring (bicyclic) bond motifs is 1. The molecule has 5 rings (SSSR count). The Morgan fingerprint density at radius 3 is 2.48 bits per heavy atom. The van der Waals surface area contributed by atoms with Crippen molar-refractivity contribution in [3.8, 4) is 11.4 Å². The molecule has 0 bridgehead atoms. The van der Waals surface area contributed by atoms with Gasteiger partial charge in [-0.2, -0.15) is 4.80 Å². The summed E-state index contributed by atoms with van der Waals surface area (Å²) < 4.78 is 0. The van der Waals surface area contributed by atoms with Crippen LogP contribution in [0.25, 0.3) is 11.4 Å². The van der Waals surface area contributed by atoms with Crippen molar-refractivity contribution in [2.24, 2.45) is 11.8 Å². The van der Waals surface area contributed by atoms with Crippen LogP contribution in [0.1, 0.15) is 5.56 Å². The van der Waals surface area contributed by atoms with Crippen LogP contribution in [-0.2, 0) is 11.3 Å². The summed E-state index contributed by atoms with van der Waals surface area (Å²) in [5.41, 5.74) is 3.06. The first-order valence-corrected chi connectivity index (χ1v) is 10.4. The zero-order valence-corrected chi connectivity index (χ0v) is 17.6. The Kier molecular flexibility index (Phi) is 4.93. The van der Waals surface area contributed by atoms with Crippen molar-refractivity contribution in [3.05, 3.63) is 41.2 Å². The van der Waals surface area contributed by atoms with Gasteiger partial charge < -0.3 is 14.9 Å². The van der Waals surface area contributed by atoms with Crippen molar-refractivity contribution >= 4 is 29.2 Å². The number of hydrogen-bond acceptors (Lipinski definition) is 8. The zero-order chi connectivity index (χ0) is 21.5. The molecule has 160 valence electrons. The molecule has 2 unspecified atom stereocenters. The van der Waals surface area contributed by atoms with Crippen molar-refractivity contribution in [2.45, 2.75) is 13.5 Å². The third-order valence-corrected chi connectivity index (χ3v) is 6.14. The minimum Gasteiger partial charge on any atom is -0.480 e. The average Bonchev–Trinajstić information content (AvgIpc) is 3.44. The number of aromatic nitrogens is 6. The summed E-state index contributed by atoms with van der Waals surface area (Å²) in [6, 6.07) is 6.06. The number of nitrogens with zero attached hydrogens (tertiary/aromatic N) is 8. The average molecular weight is 441 g/mol. The van der Waals surface area contributed by atoms with E-state index < -0.39 is 5.97 Å². The molecule has 0 radical (unpaired) electrons. The van der Waals surface area contributed by atoms with E-state index in [9.17, 15) is 4.79 Å². The Labute approximate surface area is 183 Å². The van der Waals surface area contributed by atoms with Gasteiger partial charge in [-0.25, -0.2) is 9.97 Å². The van der Waals surface area contributed by atoms with E-state index in [1.807, 2.05) is 6.07 Å².